The Hall–Kier alpha value is -3.91. The fraction of sp³-hybridized carbons (Fsp3) is 0.154. The van der Waals surface area contributed by atoms with E-state index >= 15 is 0 Å². The third kappa shape index (κ3) is 5.71. The molecule has 0 bridgehead atoms. The van der Waals surface area contributed by atoms with Crippen molar-refractivity contribution in [2.75, 3.05) is 17.6 Å². The maximum atomic E-state index is 12.5. The first-order valence-electron chi connectivity index (χ1n) is 11.0. The maximum Gasteiger partial charge on any atom is 0.243 e. The molecule has 0 saturated carbocycles. The summed E-state index contributed by atoms with van der Waals surface area (Å²) >= 11 is 1.27. The van der Waals surface area contributed by atoms with E-state index in [9.17, 15) is 9.59 Å². The second-order valence-electron chi connectivity index (χ2n) is 7.47. The van der Waals surface area contributed by atoms with Gasteiger partial charge in [-0.2, -0.15) is 0 Å². The minimum Gasteiger partial charge on any atom is -0.346 e. The molecule has 1 aromatic heterocycles. The molecule has 0 aliphatic heterocycles. The van der Waals surface area contributed by atoms with Crippen LogP contribution in [0.1, 0.15) is 12.5 Å². The van der Waals surface area contributed by atoms with Gasteiger partial charge in [0.2, 0.25) is 11.8 Å². The number of benzene rings is 3. The van der Waals surface area contributed by atoms with Crippen LogP contribution in [0.15, 0.2) is 90.1 Å². The molecule has 4 aromatic rings. The molecule has 1 heterocycles. The van der Waals surface area contributed by atoms with Crippen molar-refractivity contribution in [2.45, 2.75) is 18.5 Å². The van der Waals surface area contributed by atoms with Crippen LogP contribution in [0.2, 0.25) is 0 Å². The van der Waals surface area contributed by atoms with E-state index in [2.05, 4.69) is 20.8 Å². The van der Waals surface area contributed by atoms with Crippen molar-refractivity contribution in [2.24, 2.45) is 0 Å². The molecule has 0 aliphatic rings. The van der Waals surface area contributed by atoms with E-state index in [1.807, 2.05) is 96.4 Å². The molecule has 4 rings (SSSR count). The monoisotopic (exact) mass is 471 g/mol. The van der Waals surface area contributed by atoms with Crippen LogP contribution in [0.5, 0.6) is 0 Å². The number of carbonyl (C=O) groups is 2. The molecule has 34 heavy (non-hydrogen) atoms. The Morgan fingerprint density at radius 3 is 2.26 bits per heavy atom. The van der Waals surface area contributed by atoms with E-state index in [0.29, 0.717) is 11.0 Å². The number of anilines is 1. The molecular formula is C26H25N5O2S. The highest BCUT2D eigenvalue weighted by Crippen LogP contribution is 2.27. The highest BCUT2D eigenvalue weighted by atomic mass is 32.2. The SMILES string of the molecule is CCc1ccccc1NC(=O)CNC(=O)CSc1nnc(-c2ccccc2)n1-c1ccccc1. The Kier molecular flexibility index (Phi) is 7.72. The average Bonchev–Trinajstić information content (AvgIpc) is 3.31. The van der Waals surface area contributed by atoms with E-state index in [1.165, 1.54) is 11.8 Å². The first-order chi connectivity index (χ1) is 16.7. The summed E-state index contributed by atoms with van der Waals surface area (Å²) in [6, 6.07) is 27.2. The number of carbonyl (C=O) groups excluding carboxylic acids is 2. The van der Waals surface area contributed by atoms with Crippen LogP contribution in [0.4, 0.5) is 5.69 Å². The predicted octanol–water partition coefficient (Wildman–Crippen LogP) is 4.34. The third-order valence-electron chi connectivity index (χ3n) is 5.13. The number of thioether (sulfide) groups is 1. The molecule has 0 radical (unpaired) electrons. The van der Waals surface area contributed by atoms with E-state index in [1.54, 1.807) is 0 Å². The van der Waals surface area contributed by atoms with E-state index < -0.39 is 0 Å². The van der Waals surface area contributed by atoms with Crippen LogP contribution in [0, 0.1) is 0 Å². The first kappa shape index (κ1) is 23.3. The standard InChI is InChI=1S/C26H25N5O2S/c1-2-19-11-9-10-16-22(19)28-23(32)17-27-24(33)18-34-26-30-29-25(20-12-5-3-6-13-20)31(26)21-14-7-4-8-15-21/h3-16H,2,17-18H2,1H3,(H,27,33)(H,28,32). The van der Waals surface area contributed by atoms with Crippen LogP contribution in [0.25, 0.3) is 17.1 Å². The van der Waals surface area contributed by atoms with Crippen LogP contribution >= 0.6 is 11.8 Å². The van der Waals surface area contributed by atoms with Gasteiger partial charge in [-0.3, -0.25) is 14.2 Å². The molecule has 3 aromatic carbocycles. The highest BCUT2D eigenvalue weighted by Gasteiger charge is 2.17. The molecule has 0 fully saturated rings. The van der Waals surface area contributed by atoms with E-state index in [4.69, 9.17) is 0 Å². The summed E-state index contributed by atoms with van der Waals surface area (Å²) in [5, 5.41) is 14.8. The van der Waals surface area contributed by atoms with Crippen molar-refractivity contribution in [3.8, 4) is 17.1 Å². The van der Waals surface area contributed by atoms with Crippen molar-refractivity contribution in [1.29, 1.82) is 0 Å². The molecule has 0 spiro atoms. The zero-order valence-corrected chi connectivity index (χ0v) is 19.6. The Balaban J connectivity index is 1.40. The highest BCUT2D eigenvalue weighted by molar-refractivity contribution is 7.99. The fourth-order valence-electron chi connectivity index (χ4n) is 3.45. The second-order valence-corrected chi connectivity index (χ2v) is 8.41. The van der Waals surface area contributed by atoms with Gasteiger partial charge in [0.25, 0.3) is 0 Å². The summed E-state index contributed by atoms with van der Waals surface area (Å²) < 4.78 is 1.93. The number of rotatable bonds is 9. The quantitative estimate of drug-likeness (QED) is 0.355. The number of para-hydroxylation sites is 2. The zero-order chi connectivity index (χ0) is 23.8. The normalized spacial score (nSPS) is 10.6. The van der Waals surface area contributed by atoms with Crippen molar-refractivity contribution in [3.63, 3.8) is 0 Å². The number of aryl methyl sites for hydroxylation is 1. The van der Waals surface area contributed by atoms with Gasteiger partial charge in [-0.05, 0) is 30.2 Å². The summed E-state index contributed by atoms with van der Waals surface area (Å²) in [4.78, 5) is 24.8. The Labute approximate surface area is 202 Å². The molecule has 8 heteroatoms. The summed E-state index contributed by atoms with van der Waals surface area (Å²) in [5.74, 6) is 0.285. The van der Waals surface area contributed by atoms with Crippen molar-refractivity contribution < 1.29 is 9.59 Å². The van der Waals surface area contributed by atoms with Gasteiger partial charge in [0.05, 0.1) is 12.3 Å². The molecule has 172 valence electrons. The second kappa shape index (κ2) is 11.3. The summed E-state index contributed by atoms with van der Waals surface area (Å²) in [5.41, 5.74) is 3.65. The first-order valence-corrected chi connectivity index (χ1v) is 12.0. The van der Waals surface area contributed by atoms with Crippen LogP contribution < -0.4 is 10.6 Å². The number of aromatic nitrogens is 3. The van der Waals surface area contributed by atoms with Crippen LogP contribution in [-0.4, -0.2) is 38.9 Å². The lowest BCUT2D eigenvalue weighted by molar-refractivity contribution is -0.122. The Morgan fingerprint density at radius 1 is 0.853 bits per heavy atom. The lowest BCUT2D eigenvalue weighted by Gasteiger charge is -2.11. The van der Waals surface area contributed by atoms with Crippen LogP contribution in [-0.2, 0) is 16.0 Å². The van der Waals surface area contributed by atoms with Gasteiger partial charge in [-0.1, -0.05) is 85.4 Å². The fourth-order valence-corrected chi connectivity index (χ4v) is 4.23. The molecule has 0 atom stereocenters. The van der Waals surface area contributed by atoms with E-state index in [-0.39, 0.29) is 24.1 Å². The molecule has 0 unspecified atom stereocenters. The maximum absolute atomic E-state index is 12.5. The molecule has 7 nitrogen and oxygen atoms in total. The largest absolute Gasteiger partial charge is 0.346 e. The number of hydrogen-bond donors (Lipinski definition) is 2. The van der Waals surface area contributed by atoms with Crippen LogP contribution in [0.3, 0.4) is 0 Å². The molecule has 0 aliphatic carbocycles. The molecule has 2 amide bonds. The summed E-state index contributed by atoms with van der Waals surface area (Å²) in [7, 11) is 0. The third-order valence-corrected chi connectivity index (χ3v) is 6.06. The molecule has 0 saturated heterocycles. The van der Waals surface area contributed by atoms with Gasteiger partial charge in [0.15, 0.2) is 11.0 Å². The van der Waals surface area contributed by atoms with Crippen molar-refractivity contribution >= 4 is 29.3 Å². The number of nitrogens with one attached hydrogen (secondary N) is 2. The minimum absolute atomic E-state index is 0.0991. The average molecular weight is 472 g/mol. The minimum atomic E-state index is -0.266. The van der Waals surface area contributed by atoms with Crippen molar-refractivity contribution in [1.82, 2.24) is 20.1 Å². The lowest BCUT2D eigenvalue weighted by atomic mass is 10.1. The Morgan fingerprint density at radius 2 is 1.53 bits per heavy atom. The number of hydrogen-bond acceptors (Lipinski definition) is 5. The lowest BCUT2D eigenvalue weighted by Crippen LogP contribution is -2.34. The van der Waals surface area contributed by atoms with Gasteiger partial charge >= 0.3 is 0 Å². The van der Waals surface area contributed by atoms with Gasteiger partial charge in [-0.15, -0.1) is 10.2 Å². The van der Waals surface area contributed by atoms with Crippen molar-refractivity contribution in [3.05, 3.63) is 90.5 Å². The smallest absolute Gasteiger partial charge is 0.243 e. The number of amides is 2. The van der Waals surface area contributed by atoms with Gasteiger partial charge in [0.1, 0.15) is 0 Å². The van der Waals surface area contributed by atoms with Gasteiger partial charge in [-0.25, -0.2) is 0 Å². The number of nitrogens with zero attached hydrogens (tertiary/aromatic N) is 3. The molecular weight excluding hydrogens is 446 g/mol. The van der Waals surface area contributed by atoms with E-state index in [0.717, 1.165) is 28.9 Å². The zero-order valence-electron chi connectivity index (χ0n) is 18.8. The topological polar surface area (TPSA) is 88.9 Å². The Bertz CT molecular complexity index is 1260. The predicted molar refractivity (Wildman–Crippen MR) is 135 cm³/mol. The van der Waals surface area contributed by atoms with Gasteiger partial charge < -0.3 is 10.6 Å². The summed E-state index contributed by atoms with van der Waals surface area (Å²) in [6.45, 7) is 1.93. The summed E-state index contributed by atoms with van der Waals surface area (Å²) in [6.07, 6.45) is 0.812. The van der Waals surface area contributed by atoms with Gasteiger partial charge in [0, 0.05) is 16.9 Å². The molecule has 2 N–H and O–H groups in total.